The number of aromatic nitrogens is 2. The number of rotatable bonds is 8. The first-order chi connectivity index (χ1) is 14.2. The van der Waals surface area contributed by atoms with E-state index in [1.165, 1.54) is 0 Å². The van der Waals surface area contributed by atoms with Crippen LogP contribution >= 0.6 is 11.3 Å². The summed E-state index contributed by atoms with van der Waals surface area (Å²) < 4.78 is 7.85. The van der Waals surface area contributed by atoms with E-state index >= 15 is 0 Å². The molecular weight excluding hydrogens is 382 g/mol. The second kappa shape index (κ2) is 8.75. The second-order valence-electron chi connectivity index (χ2n) is 6.57. The Morgan fingerprint density at radius 1 is 1.21 bits per heavy atom. The van der Waals surface area contributed by atoms with Crippen molar-refractivity contribution < 1.29 is 9.53 Å². The molecule has 0 aliphatic rings. The quantitative estimate of drug-likeness (QED) is 0.397. The zero-order valence-electron chi connectivity index (χ0n) is 15.9. The van der Waals surface area contributed by atoms with E-state index in [1.54, 1.807) is 28.4 Å². The summed E-state index contributed by atoms with van der Waals surface area (Å²) in [4.78, 5) is 20.5. The molecule has 0 N–H and O–H groups in total. The minimum Gasteiger partial charge on any atom is -0.487 e. The summed E-state index contributed by atoms with van der Waals surface area (Å²) in [5.74, 6) is 0.596. The average Bonchev–Trinajstić information content (AvgIpc) is 3.41. The Morgan fingerprint density at radius 3 is 2.93 bits per heavy atom. The highest BCUT2D eigenvalue weighted by atomic mass is 32.1. The van der Waals surface area contributed by atoms with Gasteiger partial charge in [0.1, 0.15) is 18.0 Å². The van der Waals surface area contributed by atoms with Crippen LogP contribution in [0.15, 0.2) is 85.0 Å². The molecule has 3 aromatic heterocycles. The largest absolute Gasteiger partial charge is 0.487 e. The Hall–Kier alpha value is -3.38. The SMILES string of the molecule is C=CCN(Cc1cccs1)C(=O)c1cccc(OCc2cn3ccccc3n2)c1. The van der Waals surface area contributed by atoms with Crippen LogP contribution in [0.2, 0.25) is 0 Å². The molecule has 0 saturated heterocycles. The molecule has 0 radical (unpaired) electrons. The van der Waals surface area contributed by atoms with Crippen molar-refractivity contribution in [3.8, 4) is 5.75 Å². The third-order valence-electron chi connectivity index (χ3n) is 4.45. The number of thiophene rings is 1. The monoisotopic (exact) mass is 403 g/mol. The predicted molar refractivity (Wildman–Crippen MR) is 115 cm³/mol. The van der Waals surface area contributed by atoms with Gasteiger partial charge < -0.3 is 14.0 Å². The fraction of sp³-hybridized carbons (Fsp3) is 0.130. The molecule has 0 aliphatic carbocycles. The first kappa shape index (κ1) is 19.0. The number of ether oxygens (including phenoxy) is 1. The van der Waals surface area contributed by atoms with Gasteiger partial charge in [0.25, 0.3) is 5.91 Å². The highest BCUT2D eigenvalue weighted by Crippen LogP contribution is 2.19. The fourth-order valence-corrected chi connectivity index (χ4v) is 3.80. The highest BCUT2D eigenvalue weighted by molar-refractivity contribution is 7.09. The van der Waals surface area contributed by atoms with Gasteiger partial charge in [-0.3, -0.25) is 4.79 Å². The number of carbonyl (C=O) groups is 1. The van der Waals surface area contributed by atoms with E-state index in [9.17, 15) is 4.79 Å². The molecule has 0 fully saturated rings. The van der Waals surface area contributed by atoms with Crippen molar-refractivity contribution >= 4 is 22.9 Å². The molecule has 0 atom stereocenters. The van der Waals surface area contributed by atoms with Crippen molar-refractivity contribution in [2.75, 3.05) is 6.54 Å². The fourth-order valence-electron chi connectivity index (χ4n) is 3.08. The molecule has 3 heterocycles. The van der Waals surface area contributed by atoms with Gasteiger partial charge in [0, 0.05) is 29.4 Å². The maximum atomic E-state index is 13.0. The van der Waals surface area contributed by atoms with Gasteiger partial charge in [-0.1, -0.05) is 24.3 Å². The van der Waals surface area contributed by atoms with Crippen molar-refractivity contribution in [3.05, 3.63) is 101 Å². The zero-order chi connectivity index (χ0) is 20.1. The van der Waals surface area contributed by atoms with Gasteiger partial charge >= 0.3 is 0 Å². The Balaban J connectivity index is 1.46. The minimum atomic E-state index is -0.0449. The molecule has 0 spiro atoms. The molecule has 4 rings (SSSR count). The topological polar surface area (TPSA) is 46.8 Å². The van der Waals surface area contributed by atoms with Crippen LogP contribution in [0.3, 0.4) is 0 Å². The third kappa shape index (κ3) is 4.55. The van der Waals surface area contributed by atoms with Gasteiger partial charge in [-0.05, 0) is 41.8 Å². The van der Waals surface area contributed by atoms with Crippen LogP contribution in [0.25, 0.3) is 5.65 Å². The van der Waals surface area contributed by atoms with Crippen molar-refractivity contribution in [1.82, 2.24) is 14.3 Å². The summed E-state index contributed by atoms with van der Waals surface area (Å²) in [5.41, 5.74) is 2.30. The predicted octanol–water partition coefficient (Wildman–Crippen LogP) is 4.80. The Labute approximate surface area is 173 Å². The number of hydrogen-bond donors (Lipinski definition) is 0. The Bertz CT molecular complexity index is 1090. The minimum absolute atomic E-state index is 0.0449. The number of amides is 1. The van der Waals surface area contributed by atoms with Crippen molar-refractivity contribution in [3.63, 3.8) is 0 Å². The summed E-state index contributed by atoms with van der Waals surface area (Å²) in [6, 6.07) is 17.2. The Kier molecular flexibility index (Phi) is 5.72. The first-order valence-corrected chi connectivity index (χ1v) is 10.2. The van der Waals surface area contributed by atoms with Gasteiger partial charge in [-0.15, -0.1) is 17.9 Å². The van der Waals surface area contributed by atoms with Crippen LogP contribution in [0.5, 0.6) is 5.75 Å². The summed E-state index contributed by atoms with van der Waals surface area (Å²) in [6.07, 6.45) is 5.64. The lowest BCUT2D eigenvalue weighted by atomic mass is 10.2. The number of carbonyl (C=O) groups excluding carboxylic acids is 1. The van der Waals surface area contributed by atoms with Gasteiger partial charge in [0.05, 0.1) is 12.2 Å². The summed E-state index contributed by atoms with van der Waals surface area (Å²) in [7, 11) is 0. The molecular formula is C23H21N3O2S. The highest BCUT2D eigenvalue weighted by Gasteiger charge is 2.16. The molecule has 6 heteroatoms. The molecule has 146 valence electrons. The first-order valence-electron chi connectivity index (χ1n) is 9.31. The number of fused-ring (bicyclic) bond motifs is 1. The number of pyridine rings is 1. The third-order valence-corrected chi connectivity index (χ3v) is 5.31. The van der Waals surface area contributed by atoms with E-state index in [0.717, 1.165) is 16.2 Å². The molecule has 0 bridgehead atoms. The molecule has 5 nitrogen and oxygen atoms in total. The lowest BCUT2D eigenvalue weighted by Crippen LogP contribution is -2.30. The van der Waals surface area contributed by atoms with E-state index in [0.29, 0.717) is 31.0 Å². The molecule has 0 aliphatic heterocycles. The van der Waals surface area contributed by atoms with Gasteiger partial charge in [0.2, 0.25) is 0 Å². The summed E-state index contributed by atoms with van der Waals surface area (Å²) >= 11 is 1.64. The van der Waals surface area contributed by atoms with Crippen LogP contribution in [-0.4, -0.2) is 26.7 Å². The number of imidazole rings is 1. The molecule has 29 heavy (non-hydrogen) atoms. The smallest absolute Gasteiger partial charge is 0.254 e. The van der Waals surface area contributed by atoms with Crippen LogP contribution < -0.4 is 4.74 Å². The van der Waals surface area contributed by atoms with Crippen LogP contribution in [0.4, 0.5) is 0 Å². The second-order valence-corrected chi connectivity index (χ2v) is 7.60. The van der Waals surface area contributed by atoms with Crippen molar-refractivity contribution in [2.24, 2.45) is 0 Å². The van der Waals surface area contributed by atoms with Gasteiger partial charge in [-0.2, -0.15) is 0 Å². The van der Waals surface area contributed by atoms with Crippen LogP contribution in [0.1, 0.15) is 20.9 Å². The summed E-state index contributed by atoms with van der Waals surface area (Å²) in [5, 5.41) is 2.01. The van der Waals surface area contributed by atoms with Crippen LogP contribution in [-0.2, 0) is 13.2 Å². The Morgan fingerprint density at radius 2 is 2.14 bits per heavy atom. The van der Waals surface area contributed by atoms with Crippen molar-refractivity contribution in [2.45, 2.75) is 13.2 Å². The number of hydrogen-bond acceptors (Lipinski definition) is 4. The zero-order valence-corrected chi connectivity index (χ0v) is 16.7. The van der Waals surface area contributed by atoms with Gasteiger partial charge in [-0.25, -0.2) is 4.98 Å². The molecule has 1 aromatic carbocycles. The number of benzene rings is 1. The lowest BCUT2D eigenvalue weighted by molar-refractivity contribution is 0.0763. The average molecular weight is 404 g/mol. The van der Waals surface area contributed by atoms with Gasteiger partial charge in [0.15, 0.2) is 0 Å². The maximum absolute atomic E-state index is 13.0. The van der Waals surface area contributed by atoms with Crippen LogP contribution in [0, 0.1) is 0 Å². The summed E-state index contributed by atoms with van der Waals surface area (Å²) in [6.45, 7) is 5.17. The number of nitrogens with zero attached hydrogens (tertiary/aromatic N) is 3. The molecule has 1 amide bonds. The normalized spacial score (nSPS) is 10.8. The van der Waals surface area contributed by atoms with Crippen molar-refractivity contribution in [1.29, 1.82) is 0 Å². The van der Waals surface area contributed by atoms with E-state index in [-0.39, 0.29) is 5.91 Å². The molecule has 0 unspecified atom stereocenters. The van der Waals surface area contributed by atoms with E-state index in [2.05, 4.69) is 11.6 Å². The standard InChI is InChI=1S/C23H21N3O2S/c1-2-11-26(16-21-9-6-13-29-21)23(27)18-7-5-8-20(14-18)28-17-19-15-25-12-4-3-10-22(25)24-19/h2-10,12-15H,1,11,16-17H2. The van der Waals surface area contributed by atoms with E-state index < -0.39 is 0 Å². The molecule has 4 aromatic rings. The van der Waals surface area contributed by atoms with E-state index in [4.69, 9.17) is 4.74 Å². The lowest BCUT2D eigenvalue weighted by Gasteiger charge is -2.20. The van der Waals surface area contributed by atoms with E-state index in [1.807, 2.05) is 70.7 Å². The maximum Gasteiger partial charge on any atom is 0.254 e. The molecule has 0 saturated carbocycles.